The van der Waals surface area contributed by atoms with Gasteiger partial charge in [0.05, 0.1) is 29.5 Å². The number of esters is 1. The van der Waals surface area contributed by atoms with Gasteiger partial charge < -0.3 is 29.9 Å². The van der Waals surface area contributed by atoms with Crippen molar-refractivity contribution < 1.29 is 39.5 Å². The van der Waals surface area contributed by atoms with Crippen LogP contribution in [-0.2, 0) is 19.1 Å². The number of ether oxygens (including phenoxy) is 2. The largest absolute Gasteiger partial charge is 0.481 e. The van der Waals surface area contributed by atoms with Gasteiger partial charge in [-0.25, -0.2) is 4.84 Å². The van der Waals surface area contributed by atoms with Crippen LogP contribution >= 0.6 is 11.8 Å². The van der Waals surface area contributed by atoms with Gasteiger partial charge in [-0.3, -0.25) is 9.59 Å². The molecule has 1 saturated heterocycles. The first-order chi connectivity index (χ1) is 20.7. The van der Waals surface area contributed by atoms with Crippen molar-refractivity contribution >= 4 is 23.7 Å². The van der Waals surface area contributed by atoms with Crippen molar-refractivity contribution in [3.63, 3.8) is 0 Å². The van der Waals surface area contributed by atoms with Crippen LogP contribution in [0.25, 0.3) is 0 Å². The Labute approximate surface area is 273 Å². The molecule has 2 unspecified atom stereocenters. The van der Waals surface area contributed by atoms with Crippen molar-refractivity contribution in [2.45, 2.75) is 161 Å². The number of rotatable bonds is 8. The Morgan fingerprint density at radius 1 is 1.00 bits per heavy atom. The first-order valence-corrected chi connectivity index (χ1v) is 17.6. The smallest absolute Gasteiger partial charge is 0.324 e. The highest BCUT2D eigenvalue weighted by Crippen LogP contribution is 2.89. The molecule has 6 fully saturated rings. The summed E-state index contributed by atoms with van der Waals surface area (Å²) in [6.45, 7) is 14.6. The van der Waals surface area contributed by atoms with Gasteiger partial charge in [0.1, 0.15) is 12.1 Å². The second-order valence-electron chi connectivity index (χ2n) is 17.9. The zero-order valence-electron chi connectivity index (χ0n) is 28.2. The number of aliphatic hydroxyl groups excluding tert-OH is 2. The highest BCUT2D eigenvalue weighted by Gasteiger charge is 2.85. The molecule has 0 radical (unpaired) electrons. The molecular weight excluding hydrogens is 598 g/mol. The van der Waals surface area contributed by atoms with E-state index in [2.05, 4.69) is 39.5 Å². The van der Waals surface area contributed by atoms with E-state index in [9.17, 15) is 30.0 Å². The van der Waals surface area contributed by atoms with E-state index in [0.717, 1.165) is 38.5 Å². The molecule has 13 atom stereocenters. The molecule has 0 aromatic heterocycles. The van der Waals surface area contributed by atoms with Gasteiger partial charge in [-0.15, -0.1) is 0 Å². The van der Waals surface area contributed by atoms with E-state index in [-0.39, 0.29) is 63.8 Å². The predicted molar refractivity (Wildman–Crippen MR) is 168 cm³/mol. The summed E-state index contributed by atoms with van der Waals surface area (Å²) < 4.78 is 13.2. The molecule has 0 bridgehead atoms. The minimum absolute atomic E-state index is 0.0108. The summed E-state index contributed by atoms with van der Waals surface area (Å²) in [5.74, 6) is -1.47. The summed E-state index contributed by atoms with van der Waals surface area (Å²) in [5.41, 5.74) is -2.51. The molecule has 0 aromatic rings. The molecule has 6 aliphatic rings. The maximum absolute atomic E-state index is 13.6. The van der Waals surface area contributed by atoms with Gasteiger partial charge in [-0.1, -0.05) is 27.7 Å². The SMILES string of the molecule is CC(C)(O)[C@@H]1CC[C@](C)([C@H]2[C@@H](OC(=O)[C@H](CCC(=O)O)NCl)C[C@@]3(C)C4C[C@H](O)[C@H]5C(C)(C)[C@@H](O)CC[C@@]56CC46CC[C@]23C)O1. The average Bonchev–Trinajstić information content (AvgIpc) is 3.27. The molecule has 2 spiro atoms. The summed E-state index contributed by atoms with van der Waals surface area (Å²) in [7, 11) is 0. The van der Waals surface area contributed by atoms with Crippen LogP contribution in [0.15, 0.2) is 0 Å². The quantitative estimate of drug-likeness (QED) is 0.181. The number of nitrogens with one attached hydrogen (secondary N) is 1. The Kier molecular flexibility index (Phi) is 7.92. The summed E-state index contributed by atoms with van der Waals surface area (Å²) in [6, 6.07) is -0.959. The molecule has 1 aliphatic heterocycles. The Bertz CT molecular complexity index is 1220. The van der Waals surface area contributed by atoms with Gasteiger partial charge in [0.2, 0.25) is 0 Å². The lowest BCUT2D eigenvalue weighted by atomic mass is 9.41. The minimum Gasteiger partial charge on any atom is -0.481 e. The van der Waals surface area contributed by atoms with Crippen molar-refractivity contribution in [1.29, 1.82) is 0 Å². The van der Waals surface area contributed by atoms with Crippen LogP contribution in [0.2, 0.25) is 0 Å². The third kappa shape index (κ3) is 4.63. The number of aliphatic carboxylic acids is 1. The molecule has 6 rings (SSSR count). The number of carboxylic acids is 1. The molecule has 0 amide bonds. The van der Waals surface area contributed by atoms with E-state index in [4.69, 9.17) is 21.3 Å². The molecular formula is C35H56ClNO8. The Morgan fingerprint density at radius 3 is 2.29 bits per heavy atom. The first-order valence-electron chi connectivity index (χ1n) is 17.3. The standard InChI is InChI=1S/C35H56ClNO8/c1-29(2)23(39)10-13-35-18-34(35)15-14-31(5)27(33(7)12-11-24(45-33)30(3,4)43)21(44-28(42)19(37-36)8-9-25(40)41)17-32(31,6)22(34)16-20(38)26(29)35/h19-24,26-27,37-39,43H,8-18H2,1-7H3,(H,40,41)/t19-,20-,21-,22?,23-,24-,26-,27-,31+,32-,33+,34?,35+/m0/s1. The average molecular weight is 654 g/mol. The molecule has 10 heteroatoms. The fourth-order valence-corrected chi connectivity index (χ4v) is 13.1. The maximum atomic E-state index is 13.6. The molecule has 256 valence electrons. The fraction of sp³-hybridized carbons (Fsp3) is 0.943. The molecule has 1 heterocycles. The Morgan fingerprint density at radius 2 is 1.69 bits per heavy atom. The maximum Gasteiger partial charge on any atom is 0.324 e. The van der Waals surface area contributed by atoms with Crippen molar-refractivity contribution in [2.24, 2.45) is 44.8 Å². The van der Waals surface area contributed by atoms with E-state index < -0.39 is 47.5 Å². The molecule has 45 heavy (non-hydrogen) atoms. The van der Waals surface area contributed by atoms with Gasteiger partial charge in [-0.2, -0.15) is 0 Å². The Balaban J connectivity index is 1.38. The van der Waals surface area contributed by atoms with Gasteiger partial charge in [0.25, 0.3) is 0 Å². The number of carbonyl (C=O) groups excluding carboxylic acids is 1. The highest BCUT2D eigenvalue weighted by atomic mass is 35.5. The van der Waals surface area contributed by atoms with Crippen LogP contribution in [0.3, 0.4) is 0 Å². The summed E-state index contributed by atoms with van der Waals surface area (Å²) in [4.78, 5) is 27.4. The highest BCUT2D eigenvalue weighted by molar-refractivity contribution is 6.14. The third-order valence-corrected chi connectivity index (χ3v) is 15.3. The van der Waals surface area contributed by atoms with E-state index in [0.29, 0.717) is 19.3 Å². The topological polar surface area (TPSA) is 146 Å². The number of fused-ring (bicyclic) bond motifs is 2. The zero-order valence-corrected chi connectivity index (χ0v) is 29.0. The second-order valence-corrected chi connectivity index (χ2v) is 18.1. The minimum atomic E-state index is -1.02. The Hall–Kier alpha value is -0.970. The van der Waals surface area contributed by atoms with Crippen LogP contribution in [0.1, 0.15) is 119 Å². The van der Waals surface area contributed by atoms with Crippen molar-refractivity contribution in [3.8, 4) is 0 Å². The number of hydrogen-bond acceptors (Lipinski definition) is 8. The first kappa shape index (κ1) is 33.9. The van der Waals surface area contributed by atoms with E-state index >= 15 is 0 Å². The van der Waals surface area contributed by atoms with E-state index in [1.807, 2.05) is 0 Å². The van der Waals surface area contributed by atoms with Crippen LogP contribution in [0.4, 0.5) is 0 Å². The van der Waals surface area contributed by atoms with Crippen LogP contribution in [0.5, 0.6) is 0 Å². The van der Waals surface area contributed by atoms with E-state index in [1.165, 1.54) is 0 Å². The molecule has 9 nitrogen and oxygen atoms in total. The molecule has 5 N–H and O–H groups in total. The van der Waals surface area contributed by atoms with Crippen LogP contribution < -0.4 is 4.84 Å². The van der Waals surface area contributed by atoms with Crippen molar-refractivity contribution in [2.75, 3.05) is 0 Å². The van der Waals surface area contributed by atoms with E-state index in [1.54, 1.807) is 13.8 Å². The van der Waals surface area contributed by atoms with Crippen LogP contribution in [-0.4, -0.2) is 74.0 Å². The van der Waals surface area contributed by atoms with Gasteiger partial charge in [-0.05, 0) is 136 Å². The summed E-state index contributed by atoms with van der Waals surface area (Å²) in [6.07, 6.45) is 5.45. The van der Waals surface area contributed by atoms with Gasteiger partial charge in [0.15, 0.2) is 0 Å². The number of aliphatic hydroxyl groups is 3. The number of carbonyl (C=O) groups is 2. The lowest BCUT2D eigenvalue weighted by Crippen LogP contribution is -2.62. The summed E-state index contributed by atoms with van der Waals surface area (Å²) >= 11 is 5.95. The fourth-order valence-electron chi connectivity index (χ4n) is 12.9. The van der Waals surface area contributed by atoms with Gasteiger partial charge in [0, 0.05) is 12.3 Å². The van der Waals surface area contributed by atoms with Crippen LogP contribution in [0, 0.1) is 44.8 Å². The van der Waals surface area contributed by atoms with Crippen molar-refractivity contribution in [3.05, 3.63) is 0 Å². The predicted octanol–water partition coefficient (Wildman–Crippen LogP) is 4.96. The normalized spacial score (nSPS) is 50.5. The van der Waals surface area contributed by atoms with Gasteiger partial charge >= 0.3 is 11.9 Å². The summed E-state index contributed by atoms with van der Waals surface area (Å²) in [5, 5.41) is 43.2. The number of halogens is 1. The van der Waals surface area contributed by atoms with Crippen molar-refractivity contribution in [1.82, 2.24) is 4.84 Å². The third-order valence-electron chi connectivity index (χ3n) is 15.1. The number of hydrogen-bond donors (Lipinski definition) is 5. The molecule has 5 aliphatic carbocycles. The molecule has 5 saturated carbocycles. The lowest BCUT2D eigenvalue weighted by Gasteiger charge is -2.64. The number of carboxylic acid groups (broad SMARTS) is 1. The zero-order chi connectivity index (χ0) is 33.2. The molecule has 0 aromatic carbocycles. The monoisotopic (exact) mass is 653 g/mol. The lowest BCUT2D eigenvalue weighted by molar-refractivity contribution is -0.214. The second kappa shape index (κ2) is 10.5.